The van der Waals surface area contributed by atoms with Crippen LogP contribution in [0.3, 0.4) is 0 Å². The number of aromatic nitrogens is 1. The summed E-state index contributed by atoms with van der Waals surface area (Å²) in [6.45, 7) is 1.97. The molecule has 0 radical (unpaired) electrons. The highest BCUT2D eigenvalue weighted by atomic mass is 16.5. The van der Waals surface area contributed by atoms with Crippen LogP contribution >= 0.6 is 0 Å². The zero-order valence-electron chi connectivity index (χ0n) is 10.6. The van der Waals surface area contributed by atoms with Crippen molar-refractivity contribution in [2.24, 2.45) is 0 Å². The van der Waals surface area contributed by atoms with Gasteiger partial charge in [0.1, 0.15) is 5.69 Å². The molecular weight excluding hydrogens is 248 g/mol. The summed E-state index contributed by atoms with van der Waals surface area (Å²) in [5.41, 5.74) is 1.30. The topological polar surface area (TPSA) is 80.4 Å². The van der Waals surface area contributed by atoms with Gasteiger partial charge in [-0.2, -0.15) is 0 Å². The molecule has 1 aromatic carbocycles. The number of hydrogen-bond donors (Lipinski definition) is 2. The van der Waals surface area contributed by atoms with E-state index < -0.39 is 12.1 Å². The average Bonchev–Trinajstić information content (AvgIpc) is 2.78. The number of benzene rings is 1. The molecule has 0 saturated carbocycles. The van der Waals surface area contributed by atoms with E-state index in [4.69, 9.17) is 4.74 Å². The van der Waals surface area contributed by atoms with Crippen molar-refractivity contribution in [1.82, 2.24) is 4.98 Å². The Morgan fingerprint density at radius 3 is 2.74 bits per heavy atom. The fourth-order valence-electron chi connectivity index (χ4n) is 1.78. The van der Waals surface area contributed by atoms with E-state index in [9.17, 15) is 9.59 Å². The molecule has 100 valence electrons. The third-order valence-electron chi connectivity index (χ3n) is 2.60. The number of carbonyl (C=O) groups is 2. The zero-order valence-corrected chi connectivity index (χ0v) is 10.6. The van der Waals surface area contributed by atoms with Crippen molar-refractivity contribution in [3.05, 3.63) is 30.0 Å². The van der Waals surface area contributed by atoms with Crippen molar-refractivity contribution in [3.8, 4) is 0 Å². The summed E-state index contributed by atoms with van der Waals surface area (Å²) in [5, 5.41) is 3.25. The molecular formula is C13H14N2O4. The molecule has 2 N–H and O–H groups in total. The standard InChI is InChI=1S/C13H14N2O4/c1-3-19-12(16)11-10(15-13(17)18-2)8-6-4-5-7-9(8)14-11/h4-7,14H,3H2,1-2H3,(H,15,17). The number of para-hydroxylation sites is 1. The van der Waals surface area contributed by atoms with E-state index in [1.165, 1.54) is 7.11 Å². The third-order valence-corrected chi connectivity index (χ3v) is 2.60. The van der Waals surface area contributed by atoms with Crippen molar-refractivity contribution >= 4 is 28.7 Å². The highest BCUT2D eigenvalue weighted by molar-refractivity contribution is 6.09. The van der Waals surface area contributed by atoms with Crippen molar-refractivity contribution in [1.29, 1.82) is 0 Å². The van der Waals surface area contributed by atoms with E-state index in [1.807, 2.05) is 12.1 Å². The normalized spacial score (nSPS) is 10.2. The van der Waals surface area contributed by atoms with Gasteiger partial charge in [0, 0.05) is 10.9 Å². The Morgan fingerprint density at radius 2 is 2.05 bits per heavy atom. The predicted molar refractivity (Wildman–Crippen MR) is 70.3 cm³/mol. The minimum atomic E-state index is -0.643. The van der Waals surface area contributed by atoms with E-state index in [0.29, 0.717) is 5.69 Å². The first-order chi connectivity index (χ1) is 9.17. The maximum atomic E-state index is 11.9. The summed E-state index contributed by atoms with van der Waals surface area (Å²) in [6, 6.07) is 7.24. The zero-order chi connectivity index (χ0) is 13.8. The third kappa shape index (κ3) is 2.52. The first-order valence-electron chi connectivity index (χ1n) is 5.80. The van der Waals surface area contributed by atoms with E-state index in [-0.39, 0.29) is 12.3 Å². The van der Waals surface area contributed by atoms with Gasteiger partial charge in [0.15, 0.2) is 0 Å². The van der Waals surface area contributed by atoms with Gasteiger partial charge >= 0.3 is 12.1 Å². The van der Waals surface area contributed by atoms with Gasteiger partial charge < -0.3 is 14.5 Å². The molecule has 0 aliphatic carbocycles. The molecule has 0 unspecified atom stereocenters. The fraction of sp³-hybridized carbons (Fsp3) is 0.231. The van der Waals surface area contributed by atoms with Crippen LogP contribution in [0.1, 0.15) is 17.4 Å². The molecule has 1 amide bonds. The van der Waals surface area contributed by atoms with E-state index in [2.05, 4.69) is 15.0 Å². The summed E-state index contributed by atoms with van der Waals surface area (Å²) in [5.74, 6) is -0.523. The van der Waals surface area contributed by atoms with Crippen molar-refractivity contribution in [2.75, 3.05) is 19.0 Å². The number of methoxy groups -OCH3 is 1. The van der Waals surface area contributed by atoms with Gasteiger partial charge in [-0.05, 0) is 13.0 Å². The number of anilines is 1. The number of hydrogen-bond acceptors (Lipinski definition) is 4. The number of esters is 1. The predicted octanol–water partition coefficient (Wildman–Crippen LogP) is 2.52. The molecule has 1 aromatic heterocycles. The molecule has 0 fully saturated rings. The van der Waals surface area contributed by atoms with Crippen LogP contribution in [0.4, 0.5) is 10.5 Å². The smallest absolute Gasteiger partial charge is 0.411 e. The Bertz CT molecular complexity index is 618. The number of amides is 1. The molecule has 2 aromatic rings. The summed E-state index contributed by atoms with van der Waals surface area (Å²) in [4.78, 5) is 26.1. The van der Waals surface area contributed by atoms with Gasteiger partial charge in [0.05, 0.1) is 19.4 Å². The van der Waals surface area contributed by atoms with Gasteiger partial charge in [0.2, 0.25) is 0 Å². The summed E-state index contributed by atoms with van der Waals surface area (Å²) >= 11 is 0. The number of rotatable bonds is 3. The van der Waals surface area contributed by atoms with Crippen LogP contribution in [0.5, 0.6) is 0 Å². The second kappa shape index (κ2) is 5.43. The monoisotopic (exact) mass is 262 g/mol. The number of carbonyl (C=O) groups excluding carboxylic acids is 2. The van der Waals surface area contributed by atoms with Gasteiger partial charge in [-0.1, -0.05) is 18.2 Å². The molecule has 0 aliphatic heterocycles. The molecule has 19 heavy (non-hydrogen) atoms. The van der Waals surface area contributed by atoms with E-state index in [1.54, 1.807) is 19.1 Å². The highest BCUT2D eigenvalue weighted by Crippen LogP contribution is 2.28. The number of fused-ring (bicyclic) bond motifs is 1. The van der Waals surface area contributed by atoms with Gasteiger partial charge in [-0.25, -0.2) is 9.59 Å². The summed E-state index contributed by atoms with van der Waals surface area (Å²) in [6.07, 6.45) is -0.643. The Kier molecular flexibility index (Phi) is 3.70. The summed E-state index contributed by atoms with van der Waals surface area (Å²) in [7, 11) is 1.26. The first kappa shape index (κ1) is 12.9. The molecule has 0 aliphatic rings. The number of H-pyrrole nitrogens is 1. The lowest BCUT2D eigenvalue weighted by atomic mass is 10.2. The van der Waals surface area contributed by atoms with Crippen LogP contribution in [-0.4, -0.2) is 30.8 Å². The molecule has 6 nitrogen and oxygen atoms in total. The van der Waals surface area contributed by atoms with Crippen LogP contribution < -0.4 is 5.32 Å². The number of ether oxygens (including phenoxy) is 2. The summed E-state index contributed by atoms with van der Waals surface area (Å²) < 4.78 is 9.50. The maximum Gasteiger partial charge on any atom is 0.411 e. The van der Waals surface area contributed by atoms with Crippen LogP contribution in [0.25, 0.3) is 10.9 Å². The molecule has 0 spiro atoms. The molecule has 0 saturated heterocycles. The minimum absolute atomic E-state index is 0.202. The van der Waals surface area contributed by atoms with E-state index in [0.717, 1.165) is 10.9 Å². The number of aromatic amines is 1. The SMILES string of the molecule is CCOC(=O)c1[nH]c2ccccc2c1NC(=O)OC. The maximum absolute atomic E-state index is 11.9. The lowest BCUT2D eigenvalue weighted by Crippen LogP contribution is -2.14. The molecule has 0 bridgehead atoms. The first-order valence-corrected chi connectivity index (χ1v) is 5.80. The van der Waals surface area contributed by atoms with Gasteiger partial charge in [-0.3, -0.25) is 5.32 Å². The van der Waals surface area contributed by atoms with Gasteiger partial charge in [0.25, 0.3) is 0 Å². The van der Waals surface area contributed by atoms with Crippen molar-refractivity contribution < 1.29 is 19.1 Å². The Labute approximate surface area is 109 Å². The Morgan fingerprint density at radius 1 is 1.32 bits per heavy atom. The second-order valence-electron chi connectivity index (χ2n) is 3.76. The number of nitrogens with one attached hydrogen (secondary N) is 2. The van der Waals surface area contributed by atoms with Crippen LogP contribution in [-0.2, 0) is 9.47 Å². The highest BCUT2D eigenvalue weighted by Gasteiger charge is 2.20. The Hall–Kier alpha value is -2.50. The van der Waals surface area contributed by atoms with Crippen LogP contribution in [0.2, 0.25) is 0 Å². The fourth-order valence-corrected chi connectivity index (χ4v) is 1.78. The Balaban J connectivity index is 2.51. The van der Waals surface area contributed by atoms with Gasteiger partial charge in [-0.15, -0.1) is 0 Å². The van der Waals surface area contributed by atoms with Crippen molar-refractivity contribution in [2.45, 2.75) is 6.92 Å². The molecule has 2 rings (SSSR count). The molecule has 1 heterocycles. The quantitative estimate of drug-likeness (QED) is 0.833. The minimum Gasteiger partial charge on any atom is -0.461 e. The average molecular weight is 262 g/mol. The lowest BCUT2D eigenvalue weighted by Gasteiger charge is -2.05. The van der Waals surface area contributed by atoms with E-state index >= 15 is 0 Å². The largest absolute Gasteiger partial charge is 0.461 e. The van der Waals surface area contributed by atoms with Crippen LogP contribution in [0, 0.1) is 0 Å². The molecule has 6 heteroatoms. The second-order valence-corrected chi connectivity index (χ2v) is 3.76. The van der Waals surface area contributed by atoms with Crippen LogP contribution in [0.15, 0.2) is 24.3 Å². The lowest BCUT2D eigenvalue weighted by molar-refractivity contribution is 0.0522. The molecule has 0 atom stereocenters. The van der Waals surface area contributed by atoms with Crippen molar-refractivity contribution in [3.63, 3.8) is 0 Å².